The van der Waals surface area contributed by atoms with E-state index in [1.807, 2.05) is 0 Å². The zero-order valence-electron chi connectivity index (χ0n) is 12.5. The first-order valence-corrected chi connectivity index (χ1v) is 8.92. The Morgan fingerprint density at radius 1 is 1.24 bits per heavy atom. The summed E-state index contributed by atoms with van der Waals surface area (Å²) in [5, 5.41) is 3.90. The first-order chi connectivity index (χ1) is 10.3. The Morgan fingerprint density at radius 3 is 3.00 bits per heavy atom. The van der Waals surface area contributed by atoms with E-state index >= 15 is 0 Å². The number of ether oxygens (including phenoxy) is 1. The first-order valence-electron chi connectivity index (χ1n) is 8.48. The molecule has 4 rings (SSSR count). The van der Waals surface area contributed by atoms with E-state index in [2.05, 4.69) is 23.7 Å². The predicted octanol–water partition coefficient (Wildman–Crippen LogP) is 2.85. The van der Waals surface area contributed by atoms with Crippen LogP contribution in [0.4, 0.5) is 0 Å². The zero-order valence-corrected chi connectivity index (χ0v) is 13.2. The molecule has 2 fully saturated rings. The van der Waals surface area contributed by atoms with Crippen LogP contribution in [0, 0.1) is 29.6 Å². The van der Waals surface area contributed by atoms with Crippen molar-refractivity contribution in [1.82, 2.24) is 5.32 Å². The van der Waals surface area contributed by atoms with Gasteiger partial charge in [0, 0.05) is 43.2 Å². The molecule has 0 spiro atoms. The maximum absolute atomic E-state index is 6.57. The van der Waals surface area contributed by atoms with Gasteiger partial charge in [-0.25, -0.2) is 0 Å². The Morgan fingerprint density at radius 2 is 2.19 bits per heavy atom. The Bertz CT molecular complexity index is 433. The summed E-state index contributed by atoms with van der Waals surface area (Å²) >= 11 is 6.57. The summed E-state index contributed by atoms with van der Waals surface area (Å²) in [7, 11) is 0. The third-order valence-corrected chi connectivity index (χ3v) is 6.46. The summed E-state index contributed by atoms with van der Waals surface area (Å²) in [6, 6.07) is 0. The number of hydrogen-bond donors (Lipinski definition) is 1. The largest absolute Gasteiger partial charge is 0.381 e. The van der Waals surface area contributed by atoms with Gasteiger partial charge < -0.3 is 4.74 Å². The molecule has 116 valence electrons. The maximum Gasteiger partial charge on any atom is 0.102 e. The maximum atomic E-state index is 6.57. The molecule has 0 radical (unpaired) electrons. The van der Waals surface area contributed by atoms with Gasteiger partial charge in [-0.2, -0.15) is 0 Å². The molecule has 2 saturated heterocycles. The first kappa shape index (κ1) is 14.2. The molecule has 21 heavy (non-hydrogen) atoms. The summed E-state index contributed by atoms with van der Waals surface area (Å²) in [5.74, 6) is 3.14. The lowest BCUT2D eigenvalue weighted by Crippen LogP contribution is -2.37. The SMILES string of the molecule is ClC1CCC=CC1C1C=NC2NCC(C3CCOC3)C2C1. The van der Waals surface area contributed by atoms with Crippen LogP contribution in [0.15, 0.2) is 17.1 Å². The summed E-state index contributed by atoms with van der Waals surface area (Å²) in [4.78, 5) is 4.83. The third-order valence-electron chi connectivity index (χ3n) is 5.95. The lowest BCUT2D eigenvalue weighted by Gasteiger charge is -2.36. The average Bonchev–Trinajstić information content (AvgIpc) is 3.16. The fraction of sp³-hybridized carbons (Fsp3) is 0.824. The van der Waals surface area contributed by atoms with Gasteiger partial charge >= 0.3 is 0 Å². The van der Waals surface area contributed by atoms with E-state index in [9.17, 15) is 0 Å². The van der Waals surface area contributed by atoms with Crippen LogP contribution in [-0.4, -0.2) is 37.5 Å². The van der Waals surface area contributed by atoms with E-state index in [-0.39, 0.29) is 5.38 Å². The molecular weight excluding hydrogens is 284 g/mol. The number of aliphatic imine (C=N–C) groups is 1. The second kappa shape index (κ2) is 6.02. The van der Waals surface area contributed by atoms with E-state index < -0.39 is 0 Å². The number of nitrogens with one attached hydrogen (secondary N) is 1. The minimum Gasteiger partial charge on any atom is -0.381 e. The monoisotopic (exact) mass is 308 g/mol. The molecule has 7 atom stereocenters. The second-order valence-corrected chi connectivity index (χ2v) is 7.66. The van der Waals surface area contributed by atoms with E-state index in [1.54, 1.807) is 0 Å². The number of fused-ring (bicyclic) bond motifs is 1. The highest BCUT2D eigenvalue weighted by molar-refractivity contribution is 6.21. The topological polar surface area (TPSA) is 33.6 Å². The van der Waals surface area contributed by atoms with Gasteiger partial charge in [0.1, 0.15) is 6.17 Å². The van der Waals surface area contributed by atoms with Crippen molar-refractivity contribution in [2.75, 3.05) is 19.8 Å². The Hall–Kier alpha value is -0.380. The van der Waals surface area contributed by atoms with Crippen molar-refractivity contribution in [3.63, 3.8) is 0 Å². The van der Waals surface area contributed by atoms with Crippen LogP contribution in [0.25, 0.3) is 0 Å². The third kappa shape index (κ3) is 2.69. The molecular formula is C17H25ClN2O. The average molecular weight is 309 g/mol. The lowest BCUT2D eigenvalue weighted by molar-refractivity contribution is 0.155. The van der Waals surface area contributed by atoms with Crippen molar-refractivity contribution in [3.05, 3.63) is 12.2 Å². The van der Waals surface area contributed by atoms with Crippen molar-refractivity contribution in [1.29, 1.82) is 0 Å². The molecule has 0 aromatic heterocycles. The molecule has 3 aliphatic heterocycles. The Balaban J connectivity index is 1.49. The van der Waals surface area contributed by atoms with Crippen LogP contribution in [-0.2, 0) is 4.74 Å². The number of alkyl halides is 1. The Labute approximate surface area is 132 Å². The van der Waals surface area contributed by atoms with E-state index in [4.69, 9.17) is 21.3 Å². The van der Waals surface area contributed by atoms with Gasteiger partial charge in [-0.15, -0.1) is 11.6 Å². The van der Waals surface area contributed by atoms with E-state index in [0.29, 0.717) is 23.9 Å². The Kier molecular flexibility index (Phi) is 4.08. The fourth-order valence-electron chi connectivity index (χ4n) is 4.74. The van der Waals surface area contributed by atoms with Gasteiger partial charge in [0.15, 0.2) is 0 Å². The number of nitrogens with zero attached hydrogens (tertiary/aromatic N) is 1. The minimum absolute atomic E-state index is 0.283. The number of rotatable bonds is 2. The standard InChI is InChI=1S/C17H25ClN2O/c18-16-4-2-1-3-13(16)12-7-14-15(11-5-6-21-10-11)9-20-17(14)19-8-12/h1,3,8,11-17,20H,2,4-7,9-10H2. The molecule has 1 N–H and O–H groups in total. The minimum atomic E-state index is 0.283. The van der Waals surface area contributed by atoms with Crippen LogP contribution in [0.1, 0.15) is 25.7 Å². The van der Waals surface area contributed by atoms with Gasteiger partial charge in [0.25, 0.3) is 0 Å². The number of halogens is 1. The molecule has 0 aromatic rings. The van der Waals surface area contributed by atoms with E-state index in [0.717, 1.165) is 44.4 Å². The van der Waals surface area contributed by atoms with Gasteiger partial charge in [0.2, 0.25) is 0 Å². The summed E-state index contributed by atoms with van der Waals surface area (Å²) < 4.78 is 5.61. The van der Waals surface area contributed by atoms with Crippen molar-refractivity contribution in [3.8, 4) is 0 Å². The summed E-state index contributed by atoms with van der Waals surface area (Å²) in [6.07, 6.45) is 11.9. The molecule has 0 amide bonds. The van der Waals surface area contributed by atoms with Gasteiger partial charge in [-0.3, -0.25) is 10.3 Å². The van der Waals surface area contributed by atoms with E-state index in [1.165, 1.54) is 12.8 Å². The highest BCUT2D eigenvalue weighted by Crippen LogP contribution is 2.42. The molecule has 3 nitrogen and oxygen atoms in total. The second-order valence-electron chi connectivity index (χ2n) is 7.10. The molecule has 4 heteroatoms. The summed E-state index contributed by atoms with van der Waals surface area (Å²) in [5.41, 5.74) is 0. The molecule has 1 aliphatic carbocycles. The van der Waals surface area contributed by atoms with Gasteiger partial charge in [-0.1, -0.05) is 12.2 Å². The summed E-state index contributed by atoms with van der Waals surface area (Å²) in [6.45, 7) is 3.00. The molecule has 0 bridgehead atoms. The van der Waals surface area contributed by atoms with Gasteiger partial charge in [-0.05, 0) is 43.4 Å². The number of allylic oxidation sites excluding steroid dienone is 2. The lowest BCUT2D eigenvalue weighted by atomic mass is 9.72. The number of hydrogen-bond acceptors (Lipinski definition) is 3. The highest BCUT2D eigenvalue weighted by Gasteiger charge is 2.44. The van der Waals surface area contributed by atoms with Crippen molar-refractivity contribution >= 4 is 17.8 Å². The molecule has 7 unspecified atom stereocenters. The van der Waals surface area contributed by atoms with Crippen LogP contribution in [0.2, 0.25) is 0 Å². The quantitative estimate of drug-likeness (QED) is 0.628. The smallest absolute Gasteiger partial charge is 0.102 e. The van der Waals surface area contributed by atoms with Gasteiger partial charge in [0.05, 0.1) is 0 Å². The molecule has 0 aromatic carbocycles. The van der Waals surface area contributed by atoms with Crippen LogP contribution < -0.4 is 5.32 Å². The van der Waals surface area contributed by atoms with Crippen molar-refractivity contribution < 1.29 is 4.74 Å². The molecule has 4 aliphatic rings. The fourth-order valence-corrected chi connectivity index (χ4v) is 5.13. The van der Waals surface area contributed by atoms with Crippen molar-refractivity contribution in [2.24, 2.45) is 34.6 Å². The molecule has 3 heterocycles. The van der Waals surface area contributed by atoms with Crippen molar-refractivity contribution in [2.45, 2.75) is 37.2 Å². The van der Waals surface area contributed by atoms with Crippen LogP contribution in [0.3, 0.4) is 0 Å². The van der Waals surface area contributed by atoms with Crippen LogP contribution in [0.5, 0.6) is 0 Å². The highest BCUT2D eigenvalue weighted by atomic mass is 35.5. The molecule has 0 saturated carbocycles. The normalized spacial score (nSPS) is 49.5. The van der Waals surface area contributed by atoms with Crippen LogP contribution >= 0.6 is 11.6 Å². The zero-order chi connectivity index (χ0) is 14.2. The predicted molar refractivity (Wildman–Crippen MR) is 85.8 cm³/mol.